The molecule has 0 fully saturated rings. The summed E-state index contributed by atoms with van der Waals surface area (Å²) in [5.41, 5.74) is 6.40. The van der Waals surface area contributed by atoms with E-state index in [9.17, 15) is 14.4 Å². The molecule has 0 aliphatic heterocycles. The standard InChI is InChI=1S/C17H17ClN2O5S/c1-8-9(2)26-16(14(8)17(23)24-3)20-13(21)7-25-12-5-4-10(18)6-11(12)15(19)22/h4-6H,7H2,1-3H3,(H2,19,22)(H,20,21). The van der Waals surface area contributed by atoms with E-state index < -0.39 is 17.8 Å². The van der Waals surface area contributed by atoms with Gasteiger partial charge in [0.05, 0.1) is 18.2 Å². The molecular formula is C17H17ClN2O5S. The van der Waals surface area contributed by atoms with Crippen molar-refractivity contribution in [2.45, 2.75) is 13.8 Å². The highest BCUT2D eigenvalue weighted by Gasteiger charge is 2.22. The van der Waals surface area contributed by atoms with E-state index in [0.29, 0.717) is 15.6 Å². The lowest BCUT2D eigenvalue weighted by molar-refractivity contribution is -0.118. The number of primary amides is 1. The van der Waals surface area contributed by atoms with Crippen LogP contribution in [0.1, 0.15) is 31.2 Å². The number of esters is 1. The second-order valence-electron chi connectivity index (χ2n) is 5.32. The van der Waals surface area contributed by atoms with Crippen LogP contribution in [0.3, 0.4) is 0 Å². The Morgan fingerprint density at radius 1 is 1.27 bits per heavy atom. The number of carbonyl (C=O) groups is 3. The van der Waals surface area contributed by atoms with Gasteiger partial charge in [-0.3, -0.25) is 9.59 Å². The molecule has 0 radical (unpaired) electrons. The van der Waals surface area contributed by atoms with Gasteiger partial charge in [-0.1, -0.05) is 11.6 Å². The number of hydrogen-bond acceptors (Lipinski definition) is 6. The molecule has 9 heteroatoms. The monoisotopic (exact) mass is 396 g/mol. The molecule has 2 rings (SSSR count). The molecule has 0 bridgehead atoms. The molecule has 7 nitrogen and oxygen atoms in total. The van der Waals surface area contributed by atoms with Crippen molar-refractivity contribution in [2.24, 2.45) is 5.73 Å². The summed E-state index contributed by atoms with van der Waals surface area (Å²) in [6.45, 7) is 3.24. The number of hydrogen-bond donors (Lipinski definition) is 2. The SMILES string of the molecule is COC(=O)c1c(NC(=O)COc2ccc(Cl)cc2C(N)=O)sc(C)c1C. The largest absolute Gasteiger partial charge is 0.483 e. The van der Waals surface area contributed by atoms with Gasteiger partial charge in [-0.2, -0.15) is 0 Å². The van der Waals surface area contributed by atoms with Gasteiger partial charge in [0.2, 0.25) is 0 Å². The van der Waals surface area contributed by atoms with Crippen molar-refractivity contribution in [3.8, 4) is 5.75 Å². The van der Waals surface area contributed by atoms with Crippen molar-refractivity contribution in [3.63, 3.8) is 0 Å². The van der Waals surface area contributed by atoms with Gasteiger partial charge in [0.25, 0.3) is 11.8 Å². The van der Waals surface area contributed by atoms with E-state index in [2.05, 4.69) is 5.32 Å². The van der Waals surface area contributed by atoms with Gasteiger partial charge in [-0.25, -0.2) is 4.79 Å². The highest BCUT2D eigenvalue weighted by atomic mass is 35.5. The second-order valence-corrected chi connectivity index (χ2v) is 6.98. The van der Waals surface area contributed by atoms with Crippen LogP contribution in [0.25, 0.3) is 0 Å². The molecule has 2 amide bonds. The van der Waals surface area contributed by atoms with Gasteiger partial charge in [0.15, 0.2) is 6.61 Å². The van der Waals surface area contributed by atoms with Crippen molar-refractivity contribution in [2.75, 3.05) is 19.0 Å². The van der Waals surface area contributed by atoms with Crippen LogP contribution in [0.15, 0.2) is 18.2 Å². The van der Waals surface area contributed by atoms with E-state index in [1.54, 1.807) is 6.92 Å². The average Bonchev–Trinajstić information content (AvgIpc) is 2.86. The molecule has 0 spiro atoms. The maximum atomic E-state index is 12.2. The summed E-state index contributed by atoms with van der Waals surface area (Å²) in [4.78, 5) is 36.4. The van der Waals surface area contributed by atoms with E-state index >= 15 is 0 Å². The third kappa shape index (κ3) is 4.33. The summed E-state index contributed by atoms with van der Waals surface area (Å²) in [6.07, 6.45) is 0. The normalized spacial score (nSPS) is 10.3. The number of methoxy groups -OCH3 is 1. The molecule has 0 aliphatic rings. The van der Waals surface area contributed by atoms with Crippen LogP contribution in [0, 0.1) is 13.8 Å². The predicted molar refractivity (Wildman–Crippen MR) is 99.2 cm³/mol. The van der Waals surface area contributed by atoms with Crippen LogP contribution in [-0.2, 0) is 9.53 Å². The molecule has 138 valence electrons. The summed E-state index contributed by atoms with van der Waals surface area (Å²) >= 11 is 7.09. The number of anilines is 1. The second kappa shape index (κ2) is 8.20. The minimum Gasteiger partial charge on any atom is -0.483 e. The van der Waals surface area contributed by atoms with Crippen LogP contribution in [0.4, 0.5) is 5.00 Å². The quantitative estimate of drug-likeness (QED) is 0.730. The molecule has 0 saturated heterocycles. The van der Waals surface area contributed by atoms with Gasteiger partial charge in [0.1, 0.15) is 10.8 Å². The van der Waals surface area contributed by atoms with Crippen LogP contribution in [-0.4, -0.2) is 31.5 Å². The van der Waals surface area contributed by atoms with Crippen molar-refractivity contribution in [1.82, 2.24) is 0 Å². The molecule has 2 aromatic rings. The number of thiophene rings is 1. The highest BCUT2D eigenvalue weighted by molar-refractivity contribution is 7.16. The number of halogens is 1. The number of amides is 2. The third-order valence-corrected chi connectivity index (χ3v) is 4.95. The van der Waals surface area contributed by atoms with Gasteiger partial charge in [-0.15, -0.1) is 11.3 Å². The zero-order valence-electron chi connectivity index (χ0n) is 14.3. The number of benzene rings is 1. The Kier molecular flexibility index (Phi) is 6.23. The summed E-state index contributed by atoms with van der Waals surface area (Å²) in [5.74, 6) is -1.61. The molecule has 1 aromatic carbocycles. The molecule has 0 unspecified atom stereocenters. The molecule has 26 heavy (non-hydrogen) atoms. The van der Waals surface area contributed by atoms with Gasteiger partial charge < -0.3 is 20.5 Å². The number of carbonyl (C=O) groups excluding carboxylic acids is 3. The number of aryl methyl sites for hydroxylation is 1. The fraction of sp³-hybridized carbons (Fsp3) is 0.235. The lowest BCUT2D eigenvalue weighted by Gasteiger charge is -2.10. The highest BCUT2D eigenvalue weighted by Crippen LogP contribution is 2.33. The maximum absolute atomic E-state index is 12.2. The van der Waals surface area contributed by atoms with Crippen LogP contribution in [0.2, 0.25) is 5.02 Å². The van der Waals surface area contributed by atoms with Crippen molar-refractivity contribution >= 4 is 45.7 Å². The number of rotatable bonds is 6. The Hall–Kier alpha value is -2.58. The van der Waals surface area contributed by atoms with Crippen LogP contribution >= 0.6 is 22.9 Å². The van der Waals surface area contributed by atoms with Crippen molar-refractivity contribution < 1.29 is 23.9 Å². The zero-order chi connectivity index (χ0) is 19.4. The number of nitrogens with one attached hydrogen (secondary N) is 1. The maximum Gasteiger partial charge on any atom is 0.341 e. The van der Waals surface area contributed by atoms with Gasteiger partial charge in [0, 0.05) is 9.90 Å². The summed E-state index contributed by atoms with van der Waals surface area (Å²) in [5, 5.41) is 3.33. The van der Waals surface area contributed by atoms with Crippen LogP contribution in [0.5, 0.6) is 5.75 Å². The lowest BCUT2D eigenvalue weighted by atomic mass is 10.1. The minimum absolute atomic E-state index is 0.0726. The topological polar surface area (TPSA) is 108 Å². The van der Waals surface area contributed by atoms with E-state index in [4.69, 9.17) is 26.8 Å². The Morgan fingerprint density at radius 2 is 1.96 bits per heavy atom. The van der Waals surface area contributed by atoms with Crippen LogP contribution < -0.4 is 15.8 Å². The first-order valence-electron chi connectivity index (χ1n) is 7.45. The third-order valence-electron chi connectivity index (χ3n) is 3.59. The first-order valence-corrected chi connectivity index (χ1v) is 8.64. The summed E-state index contributed by atoms with van der Waals surface area (Å²) < 4.78 is 10.1. The van der Waals surface area contributed by atoms with E-state index in [-0.39, 0.29) is 17.9 Å². The average molecular weight is 397 g/mol. The fourth-order valence-electron chi connectivity index (χ4n) is 2.19. The number of ether oxygens (including phenoxy) is 2. The molecule has 0 atom stereocenters. The fourth-order valence-corrected chi connectivity index (χ4v) is 3.43. The van der Waals surface area contributed by atoms with Crippen molar-refractivity contribution in [3.05, 3.63) is 44.8 Å². The molecule has 1 heterocycles. The predicted octanol–water partition coefficient (Wildman–Crippen LogP) is 2.92. The smallest absolute Gasteiger partial charge is 0.341 e. The van der Waals surface area contributed by atoms with Gasteiger partial charge >= 0.3 is 5.97 Å². The molecule has 0 saturated carbocycles. The van der Waals surface area contributed by atoms with Crippen molar-refractivity contribution in [1.29, 1.82) is 0 Å². The molecule has 0 aliphatic carbocycles. The summed E-state index contributed by atoms with van der Waals surface area (Å²) in [7, 11) is 1.27. The van der Waals surface area contributed by atoms with E-state index in [0.717, 1.165) is 10.4 Å². The Morgan fingerprint density at radius 3 is 2.58 bits per heavy atom. The molecule has 1 aromatic heterocycles. The Balaban J connectivity index is 2.13. The lowest BCUT2D eigenvalue weighted by Crippen LogP contribution is -2.22. The molecular weight excluding hydrogens is 380 g/mol. The molecule has 3 N–H and O–H groups in total. The van der Waals surface area contributed by atoms with Gasteiger partial charge in [-0.05, 0) is 37.6 Å². The first-order chi connectivity index (χ1) is 12.2. The Labute approximate surface area is 159 Å². The summed E-state index contributed by atoms with van der Waals surface area (Å²) in [6, 6.07) is 4.33. The Bertz CT molecular complexity index is 878. The van der Waals surface area contributed by atoms with E-state index in [1.165, 1.54) is 36.6 Å². The minimum atomic E-state index is -0.722. The first kappa shape index (κ1) is 19.7. The number of nitrogens with two attached hydrogens (primary N) is 1. The zero-order valence-corrected chi connectivity index (χ0v) is 15.9. The van der Waals surface area contributed by atoms with E-state index in [1.807, 2.05) is 6.92 Å².